The minimum Gasteiger partial charge on any atom is -0.485 e. The number of thiophene rings is 1. The van der Waals surface area contributed by atoms with E-state index in [1.807, 2.05) is 42.7 Å². The molecule has 1 amide bonds. The predicted octanol–water partition coefficient (Wildman–Crippen LogP) is 5.57. The van der Waals surface area contributed by atoms with Crippen molar-refractivity contribution in [2.45, 2.75) is 32.2 Å². The van der Waals surface area contributed by atoms with Gasteiger partial charge < -0.3 is 19.4 Å². The number of rotatable bonds is 10. The van der Waals surface area contributed by atoms with Gasteiger partial charge in [0.25, 0.3) is 0 Å². The van der Waals surface area contributed by atoms with Crippen molar-refractivity contribution in [2.75, 3.05) is 18.2 Å². The molecular formula is C26H25FN4O4S2. The summed E-state index contributed by atoms with van der Waals surface area (Å²) >= 11 is 2.44. The van der Waals surface area contributed by atoms with Crippen LogP contribution in [0, 0.1) is 12.7 Å². The Hall–Kier alpha value is -3.70. The molecule has 1 N–H and O–H groups in total. The number of nitrogens with one attached hydrogen (secondary N) is 1. The average molecular weight is 541 g/mol. The number of aromatic nitrogens is 3. The van der Waals surface area contributed by atoms with Crippen LogP contribution >= 0.6 is 23.1 Å². The molecular weight excluding hydrogens is 515 g/mol. The second-order valence-electron chi connectivity index (χ2n) is 7.89. The van der Waals surface area contributed by atoms with Crippen molar-refractivity contribution < 1.29 is 23.5 Å². The van der Waals surface area contributed by atoms with Crippen molar-refractivity contribution in [3.63, 3.8) is 0 Å². The first-order chi connectivity index (χ1) is 17.9. The highest BCUT2D eigenvalue weighted by molar-refractivity contribution is 7.99. The number of esters is 1. The first kappa shape index (κ1) is 26.4. The molecule has 0 saturated carbocycles. The summed E-state index contributed by atoms with van der Waals surface area (Å²) in [6.45, 7) is 4.81. The van der Waals surface area contributed by atoms with Crippen LogP contribution in [0.1, 0.15) is 28.7 Å². The van der Waals surface area contributed by atoms with Crippen molar-refractivity contribution in [1.82, 2.24) is 14.8 Å². The van der Waals surface area contributed by atoms with Gasteiger partial charge in [-0.05, 0) is 43.2 Å². The third kappa shape index (κ3) is 6.17. The molecule has 0 bridgehead atoms. The van der Waals surface area contributed by atoms with Crippen LogP contribution in [0.3, 0.4) is 0 Å². The van der Waals surface area contributed by atoms with Crippen LogP contribution in [0.25, 0.3) is 11.1 Å². The largest absolute Gasteiger partial charge is 0.485 e. The van der Waals surface area contributed by atoms with E-state index in [0.29, 0.717) is 33.7 Å². The minimum atomic E-state index is -0.590. The molecule has 0 fully saturated rings. The lowest BCUT2D eigenvalue weighted by Crippen LogP contribution is -2.16. The third-order valence-electron chi connectivity index (χ3n) is 5.48. The molecule has 11 heteroatoms. The number of halogens is 1. The normalized spacial score (nSPS) is 10.8. The van der Waals surface area contributed by atoms with E-state index < -0.39 is 5.97 Å². The molecule has 0 spiro atoms. The Labute approximate surface area is 221 Å². The number of anilines is 1. The van der Waals surface area contributed by atoms with E-state index in [2.05, 4.69) is 15.5 Å². The number of para-hydroxylation sites is 1. The van der Waals surface area contributed by atoms with E-state index in [4.69, 9.17) is 9.47 Å². The Morgan fingerprint density at radius 2 is 1.89 bits per heavy atom. The lowest BCUT2D eigenvalue weighted by Gasteiger charge is -2.10. The van der Waals surface area contributed by atoms with Crippen molar-refractivity contribution >= 4 is 40.0 Å². The molecule has 4 rings (SSSR count). The van der Waals surface area contributed by atoms with Crippen molar-refractivity contribution in [3.8, 4) is 16.9 Å². The van der Waals surface area contributed by atoms with E-state index >= 15 is 0 Å². The highest BCUT2D eigenvalue weighted by Gasteiger charge is 2.23. The fraction of sp³-hybridized carbons (Fsp3) is 0.231. The fourth-order valence-electron chi connectivity index (χ4n) is 3.60. The van der Waals surface area contributed by atoms with Gasteiger partial charge >= 0.3 is 5.97 Å². The number of carbonyl (C=O) groups is 2. The first-order valence-electron chi connectivity index (χ1n) is 11.4. The lowest BCUT2D eigenvalue weighted by molar-refractivity contribution is -0.113. The summed E-state index contributed by atoms with van der Waals surface area (Å²) in [5, 5.41) is 13.9. The molecule has 192 valence electrons. The first-order valence-corrected chi connectivity index (χ1v) is 13.3. The Kier molecular flexibility index (Phi) is 8.57. The van der Waals surface area contributed by atoms with Crippen LogP contribution in [0.5, 0.6) is 5.75 Å². The van der Waals surface area contributed by atoms with Gasteiger partial charge in [0.1, 0.15) is 28.7 Å². The molecule has 2 aromatic heterocycles. The molecule has 0 aliphatic heterocycles. The Bertz CT molecular complexity index is 1400. The quantitative estimate of drug-likeness (QED) is 0.208. The second kappa shape index (κ2) is 12.0. The monoisotopic (exact) mass is 540 g/mol. The Morgan fingerprint density at radius 1 is 1.14 bits per heavy atom. The fourth-order valence-corrected chi connectivity index (χ4v) is 5.39. The van der Waals surface area contributed by atoms with Crippen molar-refractivity contribution in [3.05, 3.63) is 76.7 Å². The summed E-state index contributed by atoms with van der Waals surface area (Å²) in [6.07, 6.45) is 0. The van der Waals surface area contributed by atoms with Gasteiger partial charge in [-0.3, -0.25) is 4.79 Å². The summed E-state index contributed by atoms with van der Waals surface area (Å²) in [5.41, 5.74) is 2.46. The predicted molar refractivity (Wildman–Crippen MR) is 142 cm³/mol. The zero-order chi connectivity index (χ0) is 26.4. The molecule has 0 atom stereocenters. The van der Waals surface area contributed by atoms with Crippen LogP contribution in [0.2, 0.25) is 0 Å². The summed E-state index contributed by atoms with van der Waals surface area (Å²) in [6, 6.07) is 13.5. The number of aryl methyl sites for hydroxylation is 1. The number of ether oxygens (including phenoxy) is 2. The average Bonchev–Trinajstić information content (AvgIpc) is 3.50. The van der Waals surface area contributed by atoms with Gasteiger partial charge in [0.05, 0.1) is 12.9 Å². The molecule has 8 nitrogen and oxygen atoms in total. The van der Waals surface area contributed by atoms with E-state index in [-0.39, 0.29) is 29.6 Å². The Balaban J connectivity index is 1.43. The van der Waals surface area contributed by atoms with E-state index in [1.54, 1.807) is 17.5 Å². The van der Waals surface area contributed by atoms with Crippen LogP contribution in [0.4, 0.5) is 9.39 Å². The van der Waals surface area contributed by atoms with E-state index in [1.165, 1.54) is 42.3 Å². The molecule has 4 aromatic rings. The summed E-state index contributed by atoms with van der Waals surface area (Å²) in [5.74, 6) is 0.205. The number of amides is 1. The number of nitrogens with zero attached hydrogens (tertiary/aromatic N) is 3. The van der Waals surface area contributed by atoms with Gasteiger partial charge in [0.15, 0.2) is 11.0 Å². The molecule has 0 aliphatic carbocycles. The zero-order valence-electron chi connectivity index (χ0n) is 20.5. The van der Waals surface area contributed by atoms with Gasteiger partial charge in [-0.2, -0.15) is 0 Å². The van der Waals surface area contributed by atoms with Crippen LogP contribution < -0.4 is 10.1 Å². The zero-order valence-corrected chi connectivity index (χ0v) is 22.1. The second-order valence-corrected chi connectivity index (χ2v) is 9.71. The molecule has 37 heavy (non-hydrogen) atoms. The molecule has 2 heterocycles. The highest BCUT2D eigenvalue weighted by atomic mass is 32.2. The third-order valence-corrected chi connectivity index (χ3v) is 7.34. The highest BCUT2D eigenvalue weighted by Crippen LogP contribution is 2.36. The number of hydrogen-bond donors (Lipinski definition) is 1. The molecule has 0 radical (unpaired) electrons. The maximum Gasteiger partial charge on any atom is 0.341 e. The minimum absolute atomic E-state index is 0.0567. The van der Waals surface area contributed by atoms with E-state index in [0.717, 1.165) is 11.3 Å². The maximum atomic E-state index is 13.4. The summed E-state index contributed by atoms with van der Waals surface area (Å²) in [7, 11) is 1.27. The SMILES string of the molecule is CCn1c(COc2ccccc2C)nnc1SCC(=O)Nc1scc(-c2ccc(F)cc2)c1C(=O)OC. The maximum absolute atomic E-state index is 13.4. The van der Waals surface area contributed by atoms with Crippen molar-refractivity contribution in [2.24, 2.45) is 0 Å². The van der Waals surface area contributed by atoms with Crippen molar-refractivity contribution in [1.29, 1.82) is 0 Å². The standard InChI is InChI=1S/C26H25FN4O4S2/c1-4-31-21(13-35-20-8-6-5-7-16(20)2)29-30-26(31)37-15-22(32)28-24-23(25(33)34-3)19(14-36-24)17-9-11-18(27)12-10-17/h5-12,14H,4,13,15H2,1-3H3,(H,28,32). The Morgan fingerprint density at radius 3 is 2.59 bits per heavy atom. The van der Waals surface area contributed by atoms with Gasteiger partial charge in [-0.1, -0.05) is 42.1 Å². The molecule has 0 aliphatic rings. The smallest absolute Gasteiger partial charge is 0.341 e. The topological polar surface area (TPSA) is 95.3 Å². The molecule has 0 saturated heterocycles. The number of benzene rings is 2. The van der Waals surface area contributed by atoms with Gasteiger partial charge in [0, 0.05) is 17.5 Å². The van der Waals surface area contributed by atoms with Gasteiger partial charge in [0.2, 0.25) is 5.91 Å². The number of thioether (sulfide) groups is 1. The number of methoxy groups -OCH3 is 1. The van der Waals surface area contributed by atoms with Crippen LogP contribution in [-0.2, 0) is 22.7 Å². The van der Waals surface area contributed by atoms with Gasteiger partial charge in [-0.25, -0.2) is 9.18 Å². The number of carbonyl (C=O) groups excluding carboxylic acids is 2. The number of hydrogen-bond acceptors (Lipinski definition) is 8. The van der Waals surface area contributed by atoms with E-state index in [9.17, 15) is 14.0 Å². The summed E-state index contributed by atoms with van der Waals surface area (Å²) < 4.78 is 26.1. The van der Waals surface area contributed by atoms with Crippen LogP contribution in [0.15, 0.2) is 59.1 Å². The summed E-state index contributed by atoms with van der Waals surface area (Å²) in [4.78, 5) is 25.3. The molecule has 0 unspecified atom stereocenters. The lowest BCUT2D eigenvalue weighted by atomic mass is 10.0. The van der Waals surface area contributed by atoms with Gasteiger partial charge in [-0.15, -0.1) is 21.5 Å². The van der Waals surface area contributed by atoms with Crippen LogP contribution in [-0.4, -0.2) is 39.5 Å². The molecule has 2 aromatic carbocycles.